The van der Waals surface area contributed by atoms with E-state index < -0.39 is 15.4 Å². The minimum absolute atomic E-state index is 0.189. The molecule has 4 heterocycles. The molecule has 1 N–H and O–H groups in total. The fourth-order valence-corrected chi connectivity index (χ4v) is 6.25. The number of anilines is 1. The fraction of sp³-hybridized carbons (Fsp3) is 0.826. The number of nitrogens with one attached hydrogen (secondary N) is 1. The average molecular weight is 482 g/mol. The first-order valence-corrected chi connectivity index (χ1v) is 13.7. The average Bonchev–Trinajstić information content (AvgIpc) is 3.20. The molecule has 1 aromatic rings. The molecule has 2 atom stereocenters. The lowest BCUT2D eigenvalue weighted by molar-refractivity contribution is 0.187. The van der Waals surface area contributed by atoms with Crippen LogP contribution >= 0.6 is 0 Å². The first kappa shape index (κ1) is 24.6. The van der Waals surface area contributed by atoms with Crippen LogP contribution in [0.3, 0.4) is 0 Å². The Labute approximate surface area is 198 Å². The molecule has 0 bridgehead atoms. The van der Waals surface area contributed by atoms with Crippen molar-refractivity contribution in [3.05, 3.63) is 11.3 Å². The summed E-state index contributed by atoms with van der Waals surface area (Å²) in [5.74, 6) is 0.826. The number of likely N-dealkylation sites (N-methyl/N-ethyl adjacent to an activating group) is 1. The maximum atomic E-state index is 12.9. The Morgan fingerprint density at radius 1 is 1.15 bits per heavy atom. The van der Waals surface area contributed by atoms with Gasteiger partial charge in [0.2, 0.25) is 0 Å². The van der Waals surface area contributed by atoms with Crippen molar-refractivity contribution in [1.29, 1.82) is 0 Å². The van der Waals surface area contributed by atoms with E-state index in [1.807, 2.05) is 20.8 Å². The van der Waals surface area contributed by atoms with Crippen LogP contribution in [-0.2, 0) is 27.3 Å². The van der Waals surface area contributed by atoms with Crippen molar-refractivity contribution in [2.75, 3.05) is 51.3 Å². The van der Waals surface area contributed by atoms with Gasteiger partial charge in [-0.1, -0.05) is 20.8 Å². The van der Waals surface area contributed by atoms with E-state index in [0.29, 0.717) is 38.2 Å². The first-order valence-electron chi connectivity index (χ1n) is 12.2. The van der Waals surface area contributed by atoms with Crippen LogP contribution in [0.5, 0.6) is 6.01 Å². The molecule has 3 aliphatic rings. The molecule has 4 rings (SSSR count). The summed E-state index contributed by atoms with van der Waals surface area (Å²) >= 11 is 0. The van der Waals surface area contributed by atoms with Crippen LogP contribution in [0.2, 0.25) is 0 Å². The third-order valence-electron chi connectivity index (χ3n) is 6.71. The molecule has 33 heavy (non-hydrogen) atoms. The second kappa shape index (κ2) is 10.0. The van der Waals surface area contributed by atoms with E-state index in [2.05, 4.69) is 22.2 Å². The Morgan fingerprint density at radius 2 is 1.94 bits per heavy atom. The van der Waals surface area contributed by atoms with Crippen LogP contribution in [0.4, 0.5) is 5.82 Å². The lowest BCUT2D eigenvalue weighted by Gasteiger charge is -2.35. The van der Waals surface area contributed by atoms with Crippen molar-refractivity contribution >= 4 is 15.9 Å². The Kier molecular flexibility index (Phi) is 7.47. The second-order valence-corrected chi connectivity index (χ2v) is 12.7. The molecule has 0 amide bonds. The Bertz CT molecular complexity index is 934. The fourth-order valence-electron chi connectivity index (χ4n) is 4.73. The van der Waals surface area contributed by atoms with Gasteiger partial charge in [-0.05, 0) is 57.7 Å². The molecule has 1 unspecified atom stereocenters. The van der Waals surface area contributed by atoms with Crippen molar-refractivity contribution in [3.8, 4) is 6.01 Å². The number of fused-ring (bicyclic) bond motifs is 1. The summed E-state index contributed by atoms with van der Waals surface area (Å²) < 4.78 is 37.3. The summed E-state index contributed by atoms with van der Waals surface area (Å²) in [5, 5.41) is 2.82. The number of ether oxygens (including phenoxy) is 1. The lowest BCUT2D eigenvalue weighted by atomic mass is 9.99. The van der Waals surface area contributed by atoms with Gasteiger partial charge in [-0.15, -0.1) is 0 Å². The van der Waals surface area contributed by atoms with Crippen LogP contribution in [0.15, 0.2) is 0 Å². The molecule has 0 radical (unpaired) electrons. The molecular formula is C23H39N5O4S. The largest absolute Gasteiger partial charge is 0.462 e. The highest BCUT2D eigenvalue weighted by Gasteiger charge is 2.35. The molecule has 186 valence electrons. The van der Waals surface area contributed by atoms with Crippen LogP contribution in [0.25, 0.3) is 0 Å². The Morgan fingerprint density at radius 3 is 2.67 bits per heavy atom. The van der Waals surface area contributed by atoms with Gasteiger partial charge in [-0.3, -0.25) is 4.18 Å². The maximum absolute atomic E-state index is 12.9. The van der Waals surface area contributed by atoms with E-state index in [9.17, 15) is 8.42 Å². The molecule has 3 aliphatic heterocycles. The first-order chi connectivity index (χ1) is 15.6. The third-order valence-corrected chi connectivity index (χ3v) is 8.36. The minimum atomic E-state index is -3.65. The van der Waals surface area contributed by atoms with Gasteiger partial charge in [-0.25, -0.2) is 0 Å². The van der Waals surface area contributed by atoms with Gasteiger partial charge in [0.25, 0.3) is 10.1 Å². The van der Waals surface area contributed by atoms with Crippen molar-refractivity contribution in [1.82, 2.24) is 20.2 Å². The maximum Gasteiger partial charge on any atom is 0.318 e. The zero-order chi connectivity index (χ0) is 23.6. The number of aromatic nitrogens is 2. The predicted octanol–water partition coefficient (Wildman–Crippen LogP) is 1.96. The topological polar surface area (TPSA) is 96.9 Å². The van der Waals surface area contributed by atoms with Crippen LogP contribution in [-0.4, -0.2) is 81.0 Å². The highest BCUT2D eigenvalue weighted by atomic mass is 32.2. The third kappa shape index (κ3) is 6.15. The van der Waals surface area contributed by atoms with Gasteiger partial charge in [0.15, 0.2) is 0 Å². The van der Waals surface area contributed by atoms with Gasteiger partial charge < -0.3 is 19.9 Å². The van der Waals surface area contributed by atoms with E-state index in [-0.39, 0.29) is 12.0 Å². The van der Waals surface area contributed by atoms with E-state index in [0.717, 1.165) is 56.0 Å². The second-order valence-electron chi connectivity index (χ2n) is 10.8. The number of hydrogen-bond donors (Lipinski definition) is 1. The molecule has 0 aliphatic carbocycles. The van der Waals surface area contributed by atoms with Crippen molar-refractivity contribution in [3.63, 3.8) is 0 Å². The minimum Gasteiger partial charge on any atom is -0.462 e. The monoisotopic (exact) mass is 481 g/mol. The number of hydrogen-bond acceptors (Lipinski definition) is 9. The number of rotatable bonds is 7. The molecule has 0 aromatic carbocycles. The van der Waals surface area contributed by atoms with Crippen LogP contribution in [0, 0.1) is 5.41 Å². The van der Waals surface area contributed by atoms with Crippen LogP contribution < -0.4 is 15.0 Å². The molecule has 10 heteroatoms. The summed E-state index contributed by atoms with van der Waals surface area (Å²) in [5.41, 5.74) is 1.85. The zero-order valence-electron chi connectivity index (χ0n) is 20.5. The van der Waals surface area contributed by atoms with E-state index in [4.69, 9.17) is 18.9 Å². The summed E-state index contributed by atoms with van der Waals surface area (Å²) in [6, 6.07) is 0.775. The standard InChI is InChI=1S/C23H39N5O4S/c1-23(2,3)16-32-33(29,30)18-8-6-12-28(14-18)21-19-9-10-24-13-20(19)25-22(26-21)31-15-17-7-5-11-27(17)4/h17-18,24H,5-16H2,1-4H3/t17-,18?/m0/s1. The molecule has 1 aromatic heterocycles. The van der Waals surface area contributed by atoms with Gasteiger partial charge in [0.05, 0.1) is 12.3 Å². The van der Waals surface area contributed by atoms with Crippen molar-refractivity contribution in [2.45, 2.75) is 70.7 Å². The number of nitrogens with zero attached hydrogens (tertiary/aromatic N) is 4. The molecule has 9 nitrogen and oxygen atoms in total. The summed E-state index contributed by atoms with van der Waals surface area (Å²) in [4.78, 5) is 13.9. The van der Waals surface area contributed by atoms with Crippen molar-refractivity contribution < 1.29 is 17.3 Å². The zero-order valence-corrected chi connectivity index (χ0v) is 21.3. The smallest absolute Gasteiger partial charge is 0.318 e. The van der Waals surface area contributed by atoms with E-state index in [1.165, 1.54) is 6.42 Å². The normalized spacial score (nSPS) is 24.7. The van der Waals surface area contributed by atoms with Gasteiger partial charge in [0.1, 0.15) is 17.7 Å². The molecule has 2 fully saturated rings. The van der Waals surface area contributed by atoms with Gasteiger partial charge in [0, 0.05) is 31.2 Å². The summed E-state index contributed by atoms with van der Waals surface area (Å²) in [7, 11) is -1.53. The molecule has 0 spiro atoms. The number of piperidine rings is 1. The SMILES string of the molecule is CN1CCC[C@H]1COc1nc2c(c(N3CCCC(S(=O)(=O)OCC(C)(C)C)C3)n1)CCNC2. The summed E-state index contributed by atoms with van der Waals surface area (Å²) in [6.07, 6.45) is 4.52. The van der Waals surface area contributed by atoms with Gasteiger partial charge >= 0.3 is 6.01 Å². The van der Waals surface area contributed by atoms with Gasteiger partial charge in [-0.2, -0.15) is 18.4 Å². The molecule has 2 saturated heterocycles. The van der Waals surface area contributed by atoms with Crippen LogP contribution in [0.1, 0.15) is 57.7 Å². The lowest BCUT2D eigenvalue weighted by Crippen LogP contribution is -2.44. The highest BCUT2D eigenvalue weighted by molar-refractivity contribution is 7.87. The Hall–Kier alpha value is -1.49. The number of likely N-dealkylation sites (tertiary alicyclic amines) is 1. The summed E-state index contributed by atoms with van der Waals surface area (Å²) in [6.45, 7) is 10.5. The molecular weight excluding hydrogens is 442 g/mol. The highest BCUT2D eigenvalue weighted by Crippen LogP contribution is 2.31. The van der Waals surface area contributed by atoms with E-state index >= 15 is 0 Å². The van der Waals surface area contributed by atoms with E-state index in [1.54, 1.807) is 0 Å². The predicted molar refractivity (Wildman–Crippen MR) is 128 cm³/mol. The molecule has 0 saturated carbocycles. The Balaban J connectivity index is 1.52. The quantitative estimate of drug-likeness (QED) is 0.586. The van der Waals surface area contributed by atoms with Crippen molar-refractivity contribution in [2.24, 2.45) is 5.41 Å².